The molecule has 2 N–H and O–H groups in total. The molecule has 74 valence electrons. The number of nitrogens with two attached hydrogens (primary N) is 1. The van der Waals surface area contributed by atoms with E-state index in [0.29, 0.717) is 6.54 Å². The van der Waals surface area contributed by atoms with E-state index < -0.39 is 0 Å². The second-order valence-electron chi connectivity index (χ2n) is 3.71. The Morgan fingerprint density at radius 1 is 1.50 bits per heavy atom. The molecular formula is C11H14N2O. The number of carbonyl (C=O) groups excluding carboxylic acids is 1. The predicted octanol–water partition coefficient (Wildman–Crippen LogP) is 1.08. The lowest BCUT2D eigenvalue weighted by molar-refractivity contribution is 0.0778. The molecule has 0 saturated carbocycles. The minimum absolute atomic E-state index is 0.0531. The Bertz CT molecular complexity index is 387. The van der Waals surface area contributed by atoms with Crippen molar-refractivity contribution >= 4 is 5.91 Å². The van der Waals surface area contributed by atoms with Crippen molar-refractivity contribution in [2.75, 3.05) is 13.6 Å². The van der Waals surface area contributed by atoms with Crippen molar-refractivity contribution in [1.82, 2.24) is 4.90 Å². The van der Waals surface area contributed by atoms with Gasteiger partial charge in [-0.25, -0.2) is 0 Å². The summed E-state index contributed by atoms with van der Waals surface area (Å²) < 4.78 is 0. The summed E-state index contributed by atoms with van der Waals surface area (Å²) in [6.45, 7) is 2.45. The van der Waals surface area contributed by atoms with Gasteiger partial charge in [-0.3, -0.25) is 4.79 Å². The Balaban J connectivity index is 2.61. The Morgan fingerprint density at radius 2 is 2.21 bits per heavy atom. The van der Waals surface area contributed by atoms with E-state index in [-0.39, 0.29) is 11.9 Å². The number of rotatable bonds is 1. The Hall–Kier alpha value is -1.35. The zero-order valence-corrected chi connectivity index (χ0v) is 8.45. The molecule has 0 bridgehead atoms. The number of amides is 1. The average Bonchev–Trinajstić information content (AvgIpc) is 2.41. The second-order valence-corrected chi connectivity index (χ2v) is 3.71. The van der Waals surface area contributed by atoms with E-state index in [1.807, 2.05) is 25.1 Å². The normalized spacial score (nSPS) is 20.1. The Morgan fingerprint density at radius 3 is 2.86 bits per heavy atom. The lowest BCUT2D eigenvalue weighted by Gasteiger charge is -2.18. The largest absolute Gasteiger partial charge is 0.333 e. The van der Waals surface area contributed by atoms with Gasteiger partial charge in [0.05, 0.1) is 6.04 Å². The maximum absolute atomic E-state index is 11.9. The van der Waals surface area contributed by atoms with Gasteiger partial charge in [0.15, 0.2) is 0 Å². The van der Waals surface area contributed by atoms with Gasteiger partial charge < -0.3 is 10.6 Å². The van der Waals surface area contributed by atoms with Crippen LogP contribution in [0.25, 0.3) is 0 Å². The minimum atomic E-state index is 0.0531. The zero-order chi connectivity index (χ0) is 10.3. The van der Waals surface area contributed by atoms with E-state index >= 15 is 0 Å². The number of nitrogens with zero attached hydrogens (tertiary/aromatic N) is 1. The molecule has 1 amide bonds. The van der Waals surface area contributed by atoms with Crippen LogP contribution in [-0.2, 0) is 0 Å². The maximum atomic E-state index is 11.9. The van der Waals surface area contributed by atoms with Crippen molar-refractivity contribution in [3.05, 3.63) is 34.9 Å². The van der Waals surface area contributed by atoms with Crippen LogP contribution in [0.3, 0.4) is 0 Å². The third kappa shape index (κ3) is 1.06. The van der Waals surface area contributed by atoms with Gasteiger partial charge in [0, 0.05) is 19.2 Å². The number of fused-ring (bicyclic) bond motifs is 1. The number of aryl methyl sites for hydroxylation is 1. The molecule has 1 heterocycles. The van der Waals surface area contributed by atoms with Gasteiger partial charge in [0.2, 0.25) is 0 Å². The van der Waals surface area contributed by atoms with Crippen LogP contribution in [0.5, 0.6) is 0 Å². The predicted molar refractivity (Wildman–Crippen MR) is 55.1 cm³/mol. The summed E-state index contributed by atoms with van der Waals surface area (Å²) in [5.74, 6) is 0.0913. The molecule has 0 aliphatic carbocycles. The van der Waals surface area contributed by atoms with Crippen LogP contribution in [0.2, 0.25) is 0 Å². The fourth-order valence-electron chi connectivity index (χ4n) is 2.07. The highest BCUT2D eigenvalue weighted by atomic mass is 16.2. The quantitative estimate of drug-likeness (QED) is 0.720. The monoisotopic (exact) mass is 190 g/mol. The molecule has 3 nitrogen and oxygen atoms in total. The molecule has 1 atom stereocenters. The first-order chi connectivity index (χ1) is 6.66. The minimum Gasteiger partial charge on any atom is -0.333 e. The van der Waals surface area contributed by atoms with Crippen LogP contribution in [0.4, 0.5) is 0 Å². The topological polar surface area (TPSA) is 46.3 Å². The summed E-state index contributed by atoms with van der Waals surface area (Å²) in [6.07, 6.45) is 0. The lowest BCUT2D eigenvalue weighted by Crippen LogP contribution is -2.28. The van der Waals surface area contributed by atoms with Crippen LogP contribution in [0.1, 0.15) is 27.5 Å². The molecule has 3 heteroatoms. The van der Waals surface area contributed by atoms with Crippen molar-refractivity contribution in [2.45, 2.75) is 13.0 Å². The van der Waals surface area contributed by atoms with Gasteiger partial charge in [0.25, 0.3) is 5.91 Å². The summed E-state index contributed by atoms with van der Waals surface area (Å²) in [5.41, 5.74) is 8.60. The molecule has 1 aliphatic rings. The summed E-state index contributed by atoms with van der Waals surface area (Å²) in [5, 5.41) is 0. The van der Waals surface area contributed by atoms with Crippen molar-refractivity contribution < 1.29 is 4.79 Å². The number of carbonyl (C=O) groups is 1. The summed E-state index contributed by atoms with van der Waals surface area (Å²) in [4.78, 5) is 13.6. The number of hydrogen-bond donors (Lipinski definition) is 1. The van der Waals surface area contributed by atoms with E-state index in [1.165, 1.54) is 0 Å². The molecule has 1 aromatic carbocycles. The third-order valence-electron chi connectivity index (χ3n) is 2.89. The highest BCUT2D eigenvalue weighted by molar-refractivity contribution is 6.00. The first-order valence-corrected chi connectivity index (χ1v) is 4.73. The van der Waals surface area contributed by atoms with Crippen LogP contribution in [0, 0.1) is 6.92 Å². The molecule has 0 unspecified atom stereocenters. The molecule has 0 spiro atoms. The maximum Gasteiger partial charge on any atom is 0.254 e. The Labute approximate surface area is 83.5 Å². The second kappa shape index (κ2) is 3.10. The van der Waals surface area contributed by atoms with Crippen molar-refractivity contribution in [2.24, 2.45) is 5.73 Å². The smallest absolute Gasteiger partial charge is 0.254 e. The fraction of sp³-hybridized carbons (Fsp3) is 0.364. The SMILES string of the molecule is Cc1cccc2c1C(=O)N(C)[C@@H]2CN. The van der Waals surface area contributed by atoms with Gasteiger partial charge in [0.1, 0.15) is 0 Å². The third-order valence-corrected chi connectivity index (χ3v) is 2.89. The highest BCUT2D eigenvalue weighted by Crippen LogP contribution is 2.32. The van der Waals surface area contributed by atoms with E-state index in [1.54, 1.807) is 11.9 Å². The number of likely N-dealkylation sites (N-methyl/N-ethyl adjacent to an activating group) is 1. The Kier molecular flexibility index (Phi) is 2.04. The molecule has 2 rings (SSSR count). The van der Waals surface area contributed by atoms with Crippen LogP contribution in [0.15, 0.2) is 18.2 Å². The standard InChI is InChI=1S/C11H14N2O/c1-7-4-3-5-8-9(6-12)13(2)11(14)10(7)8/h3-5,9H,6,12H2,1-2H3/t9-/m1/s1. The molecule has 0 radical (unpaired) electrons. The van der Waals surface area contributed by atoms with Crippen LogP contribution >= 0.6 is 0 Å². The summed E-state index contributed by atoms with van der Waals surface area (Å²) in [6, 6.07) is 5.98. The zero-order valence-electron chi connectivity index (χ0n) is 8.45. The first kappa shape index (κ1) is 9.21. The van der Waals surface area contributed by atoms with E-state index in [4.69, 9.17) is 5.73 Å². The van der Waals surface area contributed by atoms with Crippen molar-refractivity contribution in [1.29, 1.82) is 0 Å². The van der Waals surface area contributed by atoms with Gasteiger partial charge in [-0.1, -0.05) is 18.2 Å². The summed E-state index contributed by atoms with van der Waals surface area (Å²) in [7, 11) is 1.80. The number of benzene rings is 1. The first-order valence-electron chi connectivity index (χ1n) is 4.73. The van der Waals surface area contributed by atoms with Gasteiger partial charge in [-0.05, 0) is 18.1 Å². The fourth-order valence-corrected chi connectivity index (χ4v) is 2.07. The molecule has 0 fully saturated rings. The molecule has 1 aliphatic heterocycles. The van der Waals surface area contributed by atoms with E-state index in [2.05, 4.69) is 0 Å². The van der Waals surface area contributed by atoms with Crippen LogP contribution in [-0.4, -0.2) is 24.4 Å². The van der Waals surface area contributed by atoms with E-state index in [0.717, 1.165) is 16.7 Å². The molecular weight excluding hydrogens is 176 g/mol. The number of hydrogen-bond acceptors (Lipinski definition) is 2. The molecule has 0 saturated heterocycles. The van der Waals surface area contributed by atoms with Gasteiger partial charge in [-0.2, -0.15) is 0 Å². The van der Waals surface area contributed by atoms with Gasteiger partial charge >= 0.3 is 0 Å². The van der Waals surface area contributed by atoms with Crippen molar-refractivity contribution in [3.63, 3.8) is 0 Å². The van der Waals surface area contributed by atoms with E-state index in [9.17, 15) is 4.79 Å². The molecule has 14 heavy (non-hydrogen) atoms. The van der Waals surface area contributed by atoms with Crippen LogP contribution < -0.4 is 5.73 Å². The molecule has 1 aromatic rings. The van der Waals surface area contributed by atoms with Gasteiger partial charge in [-0.15, -0.1) is 0 Å². The summed E-state index contributed by atoms with van der Waals surface area (Å²) >= 11 is 0. The average molecular weight is 190 g/mol. The lowest BCUT2D eigenvalue weighted by atomic mass is 10.0. The molecule has 0 aromatic heterocycles. The highest BCUT2D eigenvalue weighted by Gasteiger charge is 2.33. The van der Waals surface area contributed by atoms with Crippen molar-refractivity contribution in [3.8, 4) is 0 Å².